The third-order valence-electron chi connectivity index (χ3n) is 5.74. The molecule has 3 atom stereocenters. The summed E-state index contributed by atoms with van der Waals surface area (Å²) >= 11 is 0. The SMILES string of the molecule is COc1ccc(C2CCNC3C2C(=O)NC(=O)N3Cc2ccccc2)cc1OC. The largest absolute Gasteiger partial charge is 0.493 e. The van der Waals surface area contributed by atoms with Crippen molar-refractivity contribution in [2.24, 2.45) is 5.92 Å². The monoisotopic (exact) mass is 395 g/mol. The Bertz CT molecular complexity index is 902. The van der Waals surface area contributed by atoms with E-state index in [0.29, 0.717) is 24.6 Å². The molecule has 0 saturated carbocycles. The molecule has 2 aliphatic rings. The molecule has 0 bridgehead atoms. The van der Waals surface area contributed by atoms with Crippen LogP contribution >= 0.6 is 0 Å². The molecule has 2 aromatic carbocycles. The van der Waals surface area contributed by atoms with Crippen molar-refractivity contribution in [1.82, 2.24) is 15.5 Å². The molecule has 0 radical (unpaired) electrons. The average molecular weight is 395 g/mol. The van der Waals surface area contributed by atoms with Gasteiger partial charge in [0.2, 0.25) is 5.91 Å². The second-order valence-corrected chi connectivity index (χ2v) is 7.34. The number of nitrogens with zero attached hydrogens (tertiary/aromatic N) is 1. The van der Waals surface area contributed by atoms with Crippen molar-refractivity contribution < 1.29 is 19.1 Å². The third-order valence-corrected chi connectivity index (χ3v) is 5.74. The Morgan fingerprint density at radius 3 is 2.52 bits per heavy atom. The van der Waals surface area contributed by atoms with Gasteiger partial charge in [-0.3, -0.25) is 15.4 Å². The summed E-state index contributed by atoms with van der Waals surface area (Å²) in [5.74, 6) is 0.621. The van der Waals surface area contributed by atoms with Crippen LogP contribution in [0.25, 0.3) is 0 Å². The van der Waals surface area contributed by atoms with E-state index in [1.165, 1.54) is 0 Å². The van der Waals surface area contributed by atoms with E-state index in [-0.39, 0.29) is 29.9 Å². The van der Waals surface area contributed by atoms with E-state index >= 15 is 0 Å². The average Bonchev–Trinajstić information content (AvgIpc) is 2.76. The van der Waals surface area contributed by atoms with Crippen molar-refractivity contribution in [3.8, 4) is 11.5 Å². The number of hydrogen-bond donors (Lipinski definition) is 2. The minimum Gasteiger partial charge on any atom is -0.493 e. The first-order valence-corrected chi connectivity index (χ1v) is 9.73. The van der Waals surface area contributed by atoms with Gasteiger partial charge >= 0.3 is 6.03 Å². The molecule has 2 N–H and O–H groups in total. The molecular weight excluding hydrogens is 370 g/mol. The number of amides is 3. The van der Waals surface area contributed by atoms with Gasteiger partial charge in [0.05, 0.1) is 26.3 Å². The molecule has 2 fully saturated rings. The molecule has 3 amide bonds. The first-order chi connectivity index (χ1) is 14.1. The highest BCUT2D eigenvalue weighted by molar-refractivity contribution is 5.99. The zero-order valence-corrected chi connectivity index (χ0v) is 16.6. The lowest BCUT2D eigenvalue weighted by molar-refractivity contribution is -0.131. The predicted octanol–water partition coefficient (Wildman–Crippen LogP) is 2.48. The number of hydrogen-bond acceptors (Lipinski definition) is 5. The highest BCUT2D eigenvalue weighted by Gasteiger charge is 2.47. The minimum atomic E-state index is -0.386. The van der Waals surface area contributed by atoms with Crippen LogP contribution in [0.2, 0.25) is 0 Å². The summed E-state index contributed by atoms with van der Waals surface area (Å²) in [6.07, 6.45) is 0.431. The molecule has 152 valence electrons. The van der Waals surface area contributed by atoms with E-state index in [4.69, 9.17) is 9.47 Å². The van der Waals surface area contributed by atoms with Crippen molar-refractivity contribution in [1.29, 1.82) is 0 Å². The Hall–Kier alpha value is -3.06. The quantitative estimate of drug-likeness (QED) is 0.813. The number of imide groups is 1. The van der Waals surface area contributed by atoms with E-state index in [1.807, 2.05) is 48.5 Å². The highest BCUT2D eigenvalue weighted by atomic mass is 16.5. The summed E-state index contributed by atoms with van der Waals surface area (Å²) in [6.45, 7) is 1.15. The highest BCUT2D eigenvalue weighted by Crippen LogP contribution is 2.40. The maximum absolute atomic E-state index is 12.8. The van der Waals surface area contributed by atoms with E-state index < -0.39 is 0 Å². The van der Waals surface area contributed by atoms with Gasteiger partial charge in [0, 0.05) is 12.5 Å². The summed E-state index contributed by atoms with van der Waals surface area (Å²) < 4.78 is 10.8. The number of carbonyl (C=O) groups excluding carboxylic acids is 2. The number of benzene rings is 2. The molecule has 2 heterocycles. The van der Waals surface area contributed by atoms with Gasteiger partial charge < -0.3 is 14.4 Å². The van der Waals surface area contributed by atoms with Crippen LogP contribution in [0.1, 0.15) is 23.5 Å². The summed E-state index contributed by atoms with van der Waals surface area (Å²) in [7, 11) is 3.19. The maximum Gasteiger partial charge on any atom is 0.325 e. The molecule has 2 aliphatic heterocycles. The Kier molecular flexibility index (Phi) is 5.40. The van der Waals surface area contributed by atoms with Gasteiger partial charge in [0.1, 0.15) is 0 Å². The number of fused-ring (bicyclic) bond motifs is 1. The van der Waals surface area contributed by atoms with Crippen LogP contribution in [0.3, 0.4) is 0 Å². The number of rotatable bonds is 5. The van der Waals surface area contributed by atoms with E-state index in [0.717, 1.165) is 17.5 Å². The normalized spacial score (nSPS) is 23.9. The molecule has 29 heavy (non-hydrogen) atoms. The lowest BCUT2D eigenvalue weighted by atomic mass is 9.77. The zero-order valence-electron chi connectivity index (χ0n) is 16.6. The fourth-order valence-corrected chi connectivity index (χ4v) is 4.34. The topological polar surface area (TPSA) is 79.9 Å². The molecule has 3 unspecified atom stereocenters. The van der Waals surface area contributed by atoms with Gasteiger partial charge in [-0.05, 0) is 36.2 Å². The van der Waals surface area contributed by atoms with Crippen molar-refractivity contribution in [3.05, 3.63) is 59.7 Å². The van der Waals surface area contributed by atoms with Crippen molar-refractivity contribution in [2.45, 2.75) is 25.0 Å². The number of nitrogens with one attached hydrogen (secondary N) is 2. The molecular formula is C22H25N3O4. The second kappa shape index (κ2) is 8.13. The van der Waals surface area contributed by atoms with Gasteiger partial charge in [-0.15, -0.1) is 0 Å². The standard InChI is InChI=1S/C22H25N3O4/c1-28-17-9-8-15(12-18(17)29-2)16-10-11-23-20-19(16)21(26)24-22(27)25(20)13-14-6-4-3-5-7-14/h3-9,12,16,19-20,23H,10-11,13H2,1-2H3,(H,24,26,27). The lowest BCUT2D eigenvalue weighted by Crippen LogP contribution is -2.67. The Morgan fingerprint density at radius 1 is 1.03 bits per heavy atom. The maximum atomic E-state index is 12.8. The van der Waals surface area contributed by atoms with Crippen LogP contribution in [-0.2, 0) is 11.3 Å². The van der Waals surface area contributed by atoms with Crippen molar-refractivity contribution >= 4 is 11.9 Å². The fourth-order valence-electron chi connectivity index (χ4n) is 4.34. The predicted molar refractivity (Wildman–Crippen MR) is 108 cm³/mol. The molecule has 4 rings (SSSR count). The van der Waals surface area contributed by atoms with Crippen molar-refractivity contribution in [3.63, 3.8) is 0 Å². The van der Waals surface area contributed by atoms with E-state index in [2.05, 4.69) is 10.6 Å². The Balaban J connectivity index is 1.65. The van der Waals surface area contributed by atoms with Crippen LogP contribution in [0.5, 0.6) is 11.5 Å². The fraction of sp³-hybridized carbons (Fsp3) is 0.364. The van der Waals surface area contributed by atoms with Gasteiger partial charge in [-0.1, -0.05) is 36.4 Å². The van der Waals surface area contributed by atoms with Gasteiger partial charge in [-0.2, -0.15) is 0 Å². The van der Waals surface area contributed by atoms with E-state index in [1.54, 1.807) is 19.1 Å². The number of piperidine rings is 1. The van der Waals surface area contributed by atoms with Crippen molar-refractivity contribution in [2.75, 3.05) is 20.8 Å². The number of urea groups is 1. The summed E-state index contributed by atoms with van der Waals surface area (Å²) in [5, 5.41) is 5.94. The van der Waals surface area contributed by atoms with Crippen LogP contribution in [0.4, 0.5) is 4.79 Å². The number of carbonyl (C=O) groups is 2. The summed E-state index contributed by atoms with van der Waals surface area (Å²) in [6, 6.07) is 15.2. The lowest BCUT2D eigenvalue weighted by Gasteiger charge is -2.46. The summed E-state index contributed by atoms with van der Waals surface area (Å²) in [4.78, 5) is 27.2. The van der Waals surface area contributed by atoms with Gasteiger partial charge in [0.15, 0.2) is 11.5 Å². The molecule has 0 aromatic heterocycles. The van der Waals surface area contributed by atoms with Gasteiger partial charge in [0.25, 0.3) is 0 Å². The van der Waals surface area contributed by atoms with Crippen LogP contribution in [0.15, 0.2) is 48.5 Å². The van der Waals surface area contributed by atoms with Crippen LogP contribution < -0.4 is 20.1 Å². The number of methoxy groups -OCH3 is 2. The smallest absolute Gasteiger partial charge is 0.325 e. The molecule has 2 aromatic rings. The first-order valence-electron chi connectivity index (χ1n) is 9.73. The Labute approximate surface area is 170 Å². The summed E-state index contributed by atoms with van der Waals surface area (Å²) in [5.41, 5.74) is 2.02. The first kappa shape index (κ1) is 19.3. The molecule has 7 heteroatoms. The Morgan fingerprint density at radius 2 is 1.79 bits per heavy atom. The molecule has 0 spiro atoms. The van der Waals surface area contributed by atoms with E-state index in [9.17, 15) is 9.59 Å². The molecule has 2 saturated heterocycles. The molecule has 0 aliphatic carbocycles. The van der Waals surface area contributed by atoms with Crippen LogP contribution in [-0.4, -0.2) is 43.8 Å². The van der Waals surface area contributed by atoms with Crippen LogP contribution in [0, 0.1) is 5.92 Å². The third kappa shape index (κ3) is 3.65. The second-order valence-electron chi connectivity index (χ2n) is 7.34. The zero-order chi connectivity index (χ0) is 20.4. The van der Waals surface area contributed by atoms with Gasteiger partial charge in [-0.25, -0.2) is 4.79 Å². The molecule has 7 nitrogen and oxygen atoms in total. The number of ether oxygens (including phenoxy) is 2. The minimum absolute atomic E-state index is 0.0348.